The molecule has 1 aromatic rings. The fourth-order valence-electron chi connectivity index (χ4n) is 1.19. The summed E-state index contributed by atoms with van der Waals surface area (Å²) in [5, 5.41) is 4.32. The molecule has 0 aliphatic carbocycles. The van der Waals surface area contributed by atoms with E-state index in [2.05, 4.69) is 18.1 Å². The first-order valence-corrected chi connectivity index (χ1v) is 3.88. The van der Waals surface area contributed by atoms with Gasteiger partial charge in [0, 0.05) is 12.2 Å². The molecule has 0 aliphatic heterocycles. The molecule has 3 heteroatoms. The second-order valence-corrected chi connectivity index (χ2v) is 2.96. The average Bonchev–Trinajstić information content (AvgIpc) is 2.28. The third-order valence-corrected chi connectivity index (χ3v) is 1.80. The molecule has 1 atom stereocenters. The average molecular weight is 153 g/mol. The van der Waals surface area contributed by atoms with Gasteiger partial charge in [-0.25, -0.2) is 0 Å². The van der Waals surface area contributed by atoms with Gasteiger partial charge in [-0.3, -0.25) is 4.68 Å². The summed E-state index contributed by atoms with van der Waals surface area (Å²) in [5.74, 6) is 0. The summed E-state index contributed by atoms with van der Waals surface area (Å²) >= 11 is 0. The van der Waals surface area contributed by atoms with E-state index in [1.54, 1.807) is 0 Å². The van der Waals surface area contributed by atoms with Crippen molar-refractivity contribution >= 4 is 0 Å². The minimum atomic E-state index is 0.309. The highest BCUT2D eigenvalue weighted by Crippen LogP contribution is 2.08. The molecule has 2 N–H and O–H groups in total. The van der Waals surface area contributed by atoms with Crippen molar-refractivity contribution in [3.63, 3.8) is 0 Å². The first-order valence-electron chi connectivity index (χ1n) is 3.88. The summed E-state index contributed by atoms with van der Waals surface area (Å²) in [6.07, 6.45) is 0. The van der Waals surface area contributed by atoms with Gasteiger partial charge in [0.25, 0.3) is 0 Å². The lowest BCUT2D eigenvalue weighted by Crippen LogP contribution is -2.18. The maximum absolute atomic E-state index is 5.52. The molecule has 1 unspecified atom stereocenters. The first-order chi connectivity index (χ1) is 5.15. The number of rotatable bonds is 2. The Bertz CT molecular complexity index is 239. The lowest BCUT2D eigenvalue weighted by molar-refractivity contribution is 0.487. The van der Waals surface area contributed by atoms with Gasteiger partial charge in [-0.05, 0) is 26.8 Å². The molecule has 0 aliphatic rings. The van der Waals surface area contributed by atoms with E-state index in [1.165, 1.54) is 5.69 Å². The van der Waals surface area contributed by atoms with Crippen LogP contribution >= 0.6 is 0 Å². The predicted octanol–water partition coefficient (Wildman–Crippen LogP) is 1.02. The topological polar surface area (TPSA) is 43.8 Å². The number of aryl methyl sites for hydroxylation is 2. The van der Waals surface area contributed by atoms with Crippen LogP contribution < -0.4 is 5.73 Å². The molecule has 0 bridgehead atoms. The molecule has 1 rings (SSSR count). The zero-order valence-electron chi connectivity index (χ0n) is 7.33. The van der Waals surface area contributed by atoms with Crippen LogP contribution in [0.2, 0.25) is 0 Å². The fourth-order valence-corrected chi connectivity index (χ4v) is 1.19. The first kappa shape index (κ1) is 8.27. The molecule has 0 radical (unpaired) electrons. The maximum Gasteiger partial charge on any atom is 0.0616 e. The Morgan fingerprint density at radius 2 is 2.27 bits per heavy atom. The SMILES string of the molecule is Cc1cc(C)n(C(C)CN)n1. The molecule has 1 aromatic heterocycles. The van der Waals surface area contributed by atoms with E-state index in [0.717, 1.165) is 5.69 Å². The second kappa shape index (κ2) is 3.05. The predicted molar refractivity (Wildman–Crippen MR) is 45.5 cm³/mol. The molecule has 0 spiro atoms. The van der Waals surface area contributed by atoms with Gasteiger partial charge in [-0.15, -0.1) is 0 Å². The van der Waals surface area contributed by atoms with Crippen molar-refractivity contribution in [2.24, 2.45) is 5.73 Å². The minimum Gasteiger partial charge on any atom is -0.328 e. The number of nitrogens with two attached hydrogens (primary N) is 1. The molecule has 11 heavy (non-hydrogen) atoms. The molecule has 3 nitrogen and oxygen atoms in total. The van der Waals surface area contributed by atoms with Crippen LogP contribution in [0.4, 0.5) is 0 Å². The summed E-state index contributed by atoms with van der Waals surface area (Å²) < 4.78 is 1.97. The van der Waals surface area contributed by atoms with Crippen LogP contribution in [-0.4, -0.2) is 16.3 Å². The zero-order valence-corrected chi connectivity index (χ0v) is 7.33. The van der Waals surface area contributed by atoms with Gasteiger partial charge >= 0.3 is 0 Å². The van der Waals surface area contributed by atoms with Crippen molar-refractivity contribution in [3.8, 4) is 0 Å². The lowest BCUT2D eigenvalue weighted by Gasteiger charge is -2.10. The second-order valence-electron chi connectivity index (χ2n) is 2.96. The molecule has 0 aromatic carbocycles. The van der Waals surface area contributed by atoms with Gasteiger partial charge in [0.1, 0.15) is 0 Å². The Balaban J connectivity index is 2.93. The van der Waals surface area contributed by atoms with Gasteiger partial charge in [0.15, 0.2) is 0 Å². The maximum atomic E-state index is 5.52. The van der Waals surface area contributed by atoms with E-state index >= 15 is 0 Å². The van der Waals surface area contributed by atoms with E-state index in [-0.39, 0.29) is 0 Å². The molecule has 0 saturated carbocycles. The zero-order chi connectivity index (χ0) is 8.43. The highest BCUT2D eigenvalue weighted by atomic mass is 15.3. The van der Waals surface area contributed by atoms with Gasteiger partial charge in [0.05, 0.1) is 11.7 Å². The summed E-state index contributed by atoms with van der Waals surface area (Å²) in [4.78, 5) is 0. The van der Waals surface area contributed by atoms with Crippen LogP contribution in [0.5, 0.6) is 0 Å². The highest BCUT2D eigenvalue weighted by molar-refractivity contribution is 5.07. The monoisotopic (exact) mass is 153 g/mol. The molecular formula is C8H15N3. The minimum absolute atomic E-state index is 0.309. The third kappa shape index (κ3) is 1.60. The third-order valence-electron chi connectivity index (χ3n) is 1.80. The van der Waals surface area contributed by atoms with Crippen molar-refractivity contribution < 1.29 is 0 Å². The van der Waals surface area contributed by atoms with Crippen molar-refractivity contribution in [2.45, 2.75) is 26.8 Å². The van der Waals surface area contributed by atoms with Gasteiger partial charge in [-0.2, -0.15) is 5.10 Å². The summed E-state index contributed by atoms with van der Waals surface area (Å²) in [5.41, 5.74) is 7.76. The van der Waals surface area contributed by atoms with Gasteiger partial charge in [-0.1, -0.05) is 0 Å². The Morgan fingerprint density at radius 3 is 2.64 bits per heavy atom. The Morgan fingerprint density at radius 1 is 1.64 bits per heavy atom. The van der Waals surface area contributed by atoms with E-state index in [1.807, 2.05) is 18.5 Å². The van der Waals surface area contributed by atoms with Crippen molar-refractivity contribution in [1.29, 1.82) is 0 Å². The molecule has 0 saturated heterocycles. The molecule has 0 fully saturated rings. The molecule has 62 valence electrons. The highest BCUT2D eigenvalue weighted by Gasteiger charge is 2.05. The van der Waals surface area contributed by atoms with Crippen LogP contribution in [-0.2, 0) is 0 Å². The van der Waals surface area contributed by atoms with Crippen molar-refractivity contribution in [2.75, 3.05) is 6.54 Å². The lowest BCUT2D eigenvalue weighted by atomic mass is 10.3. The standard InChI is InChI=1S/C8H15N3/c1-6-4-7(2)11(10-6)8(3)5-9/h4,8H,5,9H2,1-3H3. The number of hydrogen-bond donors (Lipinski definition) is 1. The van der Waals surface area contributed by atoms with E-state index < -0.39 is 0 Å². The van der Waals surface area contributed by atoms with Crippen LogP contribution in [0.3, 0.4) is 0 Å². The quantitative estimate of drug-likeness (QED) is 0.689. The number of nitrogens with zero attached hydrogens (tertiary/aromatic N) is 2. The van der Waals surface area contributed by atoms with Crippen LogP contribution in [0.15, 0.2) is 6.07 Å². The van der Waals surface area contributed by atoms with E-state index in [4.69, 9.17) is 5.73 Å². The van der Waals surface area contributed by atoms with Gasteiger partial charge < -0.3 is 5.73 Å². The Labute approximate surface area is 67.2 Å². The summed E-state index contributed by atoms with van der Waals surface area (Å²) in [7, 11) is 0. The van der Waals surface area contributed by atoms with Crippen molar-refractivity contribution in [3.05, 3.63) is 17.5 Å². The van der Waals surface area contributed by atoms with Crippen LogP contribution in [0.25, 0.3) is 0 Å². The van der Waals surface area contributed by atoms with Crippen LogP contribution in [0.1, 0.15) is 24.4 Å². The smallest absolute Gasteiger partial charge is 0.0616 e. The largest absolute Gasteiger partial charge is 0.328 e. The molecule has 1 heterocycles. The fraction of sp³-hybridized carbons (Fsp3) is 0.625. The number of aromatic nitrogens is 2. The van der Waals surface area contributed by atoms with Crippen molar-refractivity contribution in [1.82, 2.24) is 9.78 Å². The number of hydrogen-bond acceptors (Lipinski definition) is 2. The Hall–Kier alpha value is -0.830. The van der Waals surface area contributed by atoms with E-state index in [0.29, 0.717) is 12.6 Å². The normalized spacial score (nSPS) is 13.5. The molecule has 0 amide bonds. The molecular weight excluding hydrogens is 138 g/mol. The summed E-state index contributed by atoms with van der Waals surface area (Å²) in [6.45, 7) is 6.75. The van der Waals surface area contributed by atoms with Gasteiger partial charge in [0.2, 0.25) is 0 Å². The summed E-state index contributed by atoms with van der Waals surface area (Å²) in [6, 6.07) is 2.37. The Kier molecular flexibility index (Phi) is 2.29. The van der Waals surface area contributed by atoms with E-state index in [9.17, 15) is 0 Å². The van der Waals surface area contributed by atoms with Crippen LogP contribution in [0, 0.1) is 13.8 Å².